The van der Waals surface area contributed by atoms with Gasteiger partial charge in [-0.05, 0) is 25.9 Å². The Hall–Kier alpha value is -0.0400. The van der Waals surface area contributed by atoms with E-state index in [0.29, 0.717) is 0 Å². The Balaban J connectivity index is 0. The van der Waals surface area contributed by atoms with Crippen LogP contribution in [-0.2, 0) is 0 Å². The molecule has 1 nitrogen and oxygen atoms in total. The Morgan fingerprint density at radius 2 is 1.38 bits per heavy atom. The second-order valence-corrected chi connectivity index (χ2v) is 1.46. The Kier molecular flexibility index (Phi) is 13.6. The van der Waals surface area contributed by atoms with Gasteiger partial charge in [-0.3, -0.25) is 0 Å². The summed E-state index contributed by atoms with van der Waals surface area (Å²) in [5.74, 6) is 0. The van der Waals surface area contributed by atoms with Crippen molar-refractivity contribution < 1.29 is 0 Å². The molecule has 0 radical (unpaired) electrons. The van der Waals surface area contributed by atoms with Crippen molar-refractivity contribution in [2.45, 2.75) is 26.7 Å². The third kappa shape index (κ3) is 5.96. The van der Waals surface area contributed by atoms with Crippen molar-refractivity contribution in [1.29, 1.82) is 0 Å². The largest absolute Gasteiger partial charge is 0.358 e. The van der Waals surface area contributed by atoms with Gasteiger partial charge in [-0.2, -0.15) is 0 Å². The Bertz CT molecular complexity index is 16.0. The molecule has 0 bridgehead atoms. The lowest BCUT2D eigenvalue weighted by Gasteiger charge is -1.76. The van der Waals surface area contributed by atoms with Gasteiger partial charge in [0.05, 0.1) is 0 Å². The average Bonchev–Trinajstić information content (AvgIpc) is 2.23. The highest BCUT2D eigenvalue weighted by Gasteiger charge is 1.93. The van der Waals surface area contributed by atoms with E-state index in [1.54, 1.807) is 0 Å². The highest BCUT2D eigenvalue weighted by Crippen LogP contribution is 1.90. The normalized spacial score (nSPS) is 15.8. The van der Waals surface area contributed by atoms with Gasteiger partial charge < -0.3 is 12.7 Å². The SMILES string of the molecule is C1CCNC1.CC.[CH3-]. The molecule has 1 aliphatic heterocycles. The third-order valence-corrected chi connectivity index (χ3v) is 0.957. The number of nitrogens with one attached hydrogen (secondary N) is 1. The van der Waals surface area contributed by atoms with Gasteiger partial charge >= 0.3 is 0 Å². The standard InChI is InChI=1S/C4H9N.C2H6.CH3/c1-2-4-5-3-1;1-2;/h5H,1-4H2;1-2H3;1H3/q;;-1. The fourth-order valence-electron chi connectivity index (χ4n) is 0.625. The lowest BCUT2D eigenvalue weighted by atomic mass is 10.4. The molecule has 0 aliphatic carbocycles. The van der Waals surface area contributed by atoms with E-state index >= 15 is 0 Å². The fraction of sp³-hybridized carbons (Fsp3) is 0.857. The van der Waals surface area contributed by atoms with Crippen LogP contribution in [0.2, 0.25) is 0 Å². The zero-order valence-corrected chi connectivity index (χ0v) is 6.33. The van der Waals surface area contributed by atoms with Crippen LogP contribution >= 0.6 is 0 Å². The van der Waals surface area contributed by atoms with Crippen LogP contribution < -0.4 is 5.32 Å². The molecule has 1 aliphatic rings. The maximum atomic E-state index is 3.22. The molecule has 0 aromatic rings. The van der Waals surface area contributed by atoms with Crippen molar-refractivity contribution in [1.82, 2.24) is 5.32 Å². The summed E-state index contributed by atoms with van der Waals surface area (Å²) in [6.45, 7) is 6.50. The van der Waals surface area contributed by atoms with Crippen molar-refractivity contribution in [3.05, 3.63) is 7.43 Å². The van der Waals surface area contributed by atoms with Crippen LogP contribution in [0.25, 0.3) is 0 Å². The van der Waals surface area contributed by atoms with Crippen LogP contribution in [0.4, 0.5) is 0 Å². The van der Waals surface area contributed by atoms with Crippen molar-refractivity contribution in [2.75, 3.05) is 13.1 Å². The second kappa shape index (κ2) is 10.0. The van der Waals surface area contributed by atoms with Gasteiger partial charge in [-0.15, -0.1) is 0 Å². The van der Waals surface area contributed by atoms with Crippen molar-refractivity contribution >= 4 is 0 Å². The van der Waals surface area contributed by atoms with E-state index in [2.05, 4.69) is 5.32 Å². The van der Waals surface area contributed by atoms with Crippen molar-refractivity contribution in [2.24, 2.45) is 0 Å². The maximum Gasteiger partial charge on any atom is -0.00484 e. The molecule has 0 atom stereocenters. The van der Waals surface area contributed by atoms with Crippen LogP contribution in [0.1, 0.15) is 26.7 Å². The van der Waals surface area contributed by atoms with Crippen LogP contribution in [0.5, 0.6) is 0 Å². The number of rotatable bonds is 0. The summed E-state index contributed by atoms with van der Waals surface area (Å²) in [5.41, 5.74) is 0. The van der Waals surface area contributed by atoms with Gasteiger partial charge in [0, 0.05) is 0 Å². The lowest BCUT2D eigenvalue weighted by Crippen LogP contribution is -2.03. The molecule has 0 aromatic heterocycles. The first kappa shape index (κ1) is 10.9. The molecule has 1 rings (SSSR count). The molecule has 0 saturated carbocycles. The minimum Gasteiger partial charge on any atom is -0.358 e. The fourth-order valence-corrected chi connectivity index (χ4v) is 0.625. The summed E-state index contributed by atoms with van der Waals surface area (Å²) < 4.78 is 0. The minimum atomic E-state index is 0. The van der Waals surface area contributed by atoms with Gasteiger partial charge in [0.1, 0.15) is 0 Å². The minimum absolute atomic E-state index is 0. The molecule has 0 spiro atoms. The molecular formula is C7H18N-. The van der Waals surface area contributed by atoms with Gasteiger partial charge in [-0.1, -0.05) is 13.8 Å². The summed E-state index contributed by atoms with van der Waals surface area (Å²) in [7, 11) is 0. The highest BCUT2D eigenvalue weighted by atomic mass is 14.9. The number of hydrogen-bond acceptors (Lipinski definition) is 1. The Morgan fingerprint density at radius 1 is 1.00 bits per heavy atom. The smallest absolute Gasteiger partial charge is 0.00484 e. The molecular weight excluding hydrogens is 98.1 g/mol. The van der Waals surface area contributed by atoms with E-state index in [-0.39, 0.29) is 7.43 Å². The maximum absolute atomic E-state index is 3.22. The predicted molar refractivity (Wildman–Crippen MR) is 39.9 cm³/mol. The first-order chi connectivity index (χ1) is 3.50. The van der Waals surface area contributed by atoms with Crippen LogP contribution in [-0.4, -0.2) is 13.1 Å². The van der Waals surface area contributed by atoms with Crippen LogP contribution in [0.15, 0.2) is 0 Å². The summed E-state index contributed by atoms with van der Waals surface area (Å²) in [6, 6.07) is 0. The Labute approximate surface area is 53.5 Å². The van der Waals surface area contributed by atoms with Gasteiger partial charge in [0.25, 0.3) is 0 Å². The third-order valence-electron chi connectivity index (χ3n) is 0.957. The average molecular weight is 116 g/mol. The monoisotopic (exact) mass is 116 g/mol. The lowest BCUT2D eigenvalue weighted by molar-refractivity contribution is 0.857. The first-order valence-electron chi connectivity index (χ1n) is 3.21. The summed E-state index contributed by atoms with van der Waals surface area (Å²) in [5, 5.41) is 3.22. The van der Waals surface area contributed by atoms with Crippen molar-refractivity contribution in [3.63, 3.8) is 0 Å². The van der Waals surface area contributed by atoms with E-state index in [0.717, 1.165) is 0 Å². The van der Waals surface area contributed by atoms with E-state index in [4.69, 9.17) is 0 Å². The zero-order valence-electron chi connectivity index (χ0n) is 6.33. The molecule has 0 unspecified atom stereocenters. The van der Waals surface area contributed by atoms with Gasteiger partial charge in [-0.25, -0.2) is 0 Å². The summed E-state index contributed by atoms with van der Waals surface area (Å²) in [4.78, 5) is 0. The summed E-state index contributed by atoms with van der Waals surface area (Å²) >= 11 is 0. The van der Waals surface area contributed by atoms with E-state index in [9.17, 15) is 0 Å². The van der Waals surface area contributed by atoms with E-state index in [1.165, 1.54) is 25.9 Å². The molecule has 1 saturated heterocycles. The molecule has 1 heteroatoms. The molecule has 1 N–H and O–H groups in total. The van der Waals surface area contributed by atoms with E-state index < -0.39 is 0 Å². The Morgan fingerprint density at radius 3 is 1.50 bits per heavy atom. The number of hydrogen-bond donors (Lipinski definition) is 1. The van der Waals surface area contributed by atoms with Crippen LogP contribution in [0.3, 0.4) is 0 Å². The first-order valence-corrected chi connectivity index (χ1v) is 3.21. The molecule has 1 heterocycles. The van der Waals surface area contributed by atoms with Gasteiger partial charge in [0.2, 0.25) is 0 Å². The summed E-state index contributed by atoms with van der Waals surface area (Å²) in [6.07, 6.45) is 2.78. The predicted octanol–water partition coefficient (Wildman–Crippen LogP) is 1.85. The quantitative estimate of drug-likeness (QED) is 0.476. The van der Waals surface area contributed by atoms with Crippen molar-refractivity contribution in [3.8, 4) is 0 Å². The topological polar surface area (TPSA) is 12.0 Å². The van der Waals surface area contributed by atoms with Gasteiger partial charge in [0.15, 0.2) is 0 Å². The zero-order chi connectivity index (χ0) is 5.54. The van der Waals surface area contributed by atoms with Crippen LogP contribution in [0, 0.1) is 7.43 Å². The molecule has 8 heavy (non-hydrogen) atoms. The molecule has 0 aromatic carbocycles. The molecule has 0 amide bonds. The van der Waals surface area contributed by atoms with E-state index in [1.807, 2.05) is 13.8 Å². The second-order valence-electron chi connectivity index (χ2n) is 1.46. The molecule has 1 fully saturated rings. The molecule has 52 valence electrons. The highest BCUT2D eigenvalue weighted by molar-refractivity contribution is 4.55.